The molecule has 0 heterocycles. The summed E-state index contributed by atoms with van der Waals surface area (Å²) in [5, 5.41) is 11.2. The predicted octanol–water partition coefficient (Wildman–Crippen LogP) is 0.926. The summed E-state index contributed by atoms with van der Waals surface area (Å²) in [6, 6.07) is 10.2. The fourth-order valence-electron chi connectivity index (χ4n) is 2.37. The summed E-state index contributed by atoms with van der Waals surface area (Å²) >= 11 is 0. The van der Waals surface area contributed by atoms with Crippen molar-refractivity contribution in [2.75, 3.05) is 0 Å². The van der Waals surface area contributed by atoms with Gasteiger partial charge in [0.05, 0.1) is 4.90 Å². The van der Waals surface area contributed by atoms with Gasteiger partial charge in [0, 0.05) is 6.07 Å². The van der Waals surface area contributed by atoms with Crippen LogP contribution in [0.25, 0.3) is 0 Å². The van der Waals surface area contributed by atoms with E-state index in [1.54, 1.807) is 6.07 Å². The topological polar surface area (TPSA) is 86.7 Å². The zero-order valence-corrected chi connectivity index (χ0v) is 18.5. The average Bonchev–Trinajstić information content (AvgIpc) is 2.54. The van der Waals surface area contributed by atoms with Gasteiger partial charge in [-0.2, -0.15) is 8.42 Å². The molecule has 130 valence electrons. The van der Waals surface area contributed by atoms with Crippen LogP contribution in [0.3, 0.4) is 0 Å². The van der Waals surface area contributed by atoms with Crippen molar-refractivity contribution in [3.63, 3.8) is 0 Å². The molecule has 7 heteroatoms. The molecule has 0 aliphatic rings. The van der Waals surface area contributed by atoms with Crippen molar-refractivity contribution in [2.45, 2.75) is 43.9 Å². The Labute approximate surface area is 191 Å². The molecule has 2 aromatic carbocycles. The van der Waals surface area contributed by atoms with Gasteiger partial charge in [-0.1, -0.05) is 44.4 Å². The Morgan fingerprint density at radius 3 is 2.32 bits per heavy atom. The van der Waals surface area contributed by atoms with Crippen LogP contribution >= 0.6 is 0 Å². The Balaban J connectivity index is 0.00000312. The molecule has 0 amide bonds. The van der Waals surface area contributed by atoms with E-state index >= 15 is 0 Å². The number of ether oxygens (including phenoxy) is 1. The Morgan fingerprint density at radius 2 is 1.72 bits per heavy atom. The fraction of sp³-hybridized carbons (Fsp3) is 0.333. The van der Waals surface area contributed by atoms with E-state index in [2.05, 4.69) is 6.92 Å². The van der Waals surface area contributed by atoms with Crippen LogP contribution < -0.4 is 61.2 Å². The summed E-state index contributed by atoms with van der Waals surface area (Å²) < 4.78 is 37.7. The van der Waals surface area contributed by atoms with Crippen molar-refractivity contribution >= 4 is 10.1 Å². The second-order valence-electron chi connectivity index (χ2n) is 5.63. The van der Waals surface area contributed by atoms with Crippen LogP contribution in [-0.4, -0.2) is 13.0 Å². The Kier molecular flexibility index (Phi) is 9.65. The third-order valence-corrected chi connectivity index (χ3v) is 4.54. The van der Waals surface area contributed by atoms with Crippen molar-refractivity contribution in [3.8, 4) is 17.2 Å². The van der Waals surface area contributed by atoms with Gasteiger partial charge in [0.25, 0.3) is 10.1 Å². The van der Waals surface area contributed by atoms with E-state index in [9.17, 15) is 18.1 Å². The van der Waals surface area contributed by atoms with E-state index < -0.39 is 10.1 Å². The first-order chi connectivity index (χ1) is 11.4. The van der Waals surface area contributed by atoms with Crippen LogP contribution in [0.5, 0.6) is 17.2 Å². The molecule has 5 nitrogen and oxygen atoms in total. The molecule has 0 unspecified atom stereocenters. The third-order valence-electron chi connectivity index (χ3n) is 3.69. The van der Waals surface area contributed by atoms with Crippen LogP contribution in [0.15, 0.2) is 47.4 Å². The first-order valence-corrected chi connectivity index (χ1v) is 9.39. The maximum Gasteiger partial charge on any atom is 1.00 e. The summed E-state index contributed by atoms with van der Waals surface area (Å²) in [5.74, 6) is 0.686. The minimum absolute atomic E-state index is 0. The zero-order chi connectivity index (χ0) is 17.6. The smallest absolute Gasteiger partial charge is 0.872 e. The minimum atomic E-state index is -4.30. The van der Waals surface area contributed by atoms with Gasteiger partial charge in [-0.05, 0) is 36.6 Å². The van der Waals surface area contributed by atoms with Crippen LogP contribution in [0.4, 0.5) is 0 Å². The van der Waals surface area contributed by atoms with Gasteiger partial charge in [-0.25, -0.2) is 0 Å². The second-order valence-corrected chi connectivity index (χ2v) is 7.05. The fourth-order valence-corrected chi connectivity index (χ4v) is 2.87. The molecular formula is C18H21KO5S. The molecule has 0 radical (unpaired) electrons. The molecule has 0 atom stereocenters. The molecule has 0 spiro atoms. The largest absolute Gasteiger partial charge is 1.00 e. The molecule has 1 N–H and O–H groups in total. The van der Waals surface area contributed by atoms with E-state index in [-0.39, 0.29) is 62.0 Å². The van der Waals surface area contributed by atoms with Crippen molar-refractivity contribution in [3.05, 3.63) is 48.0 Å². The van der Waals surface area contributed by atoms with Gasteiger partial charge in [-0.3, -0.25) is 4.55 Å². The molecule has 0 aliphatic carbocycles. The number of aryl methyl sites for hydroxylation is 1. The summed E-state index contributed by atoms with van der Waals surface area (Å²) in [6.07, 6.45) is 5.08. The number of unbranched alkanes of at least 4 members (excludes halogenated alkanes) is 3. The Hall–Kier alpha value is -0.414. The van der Waals surface area contributed by atoms with Crippen molar-refractivity contribution in [1.29, 1.82) is 0 Å². The summed E-state index contributed by atoms with van der Waals surface area (Å²) in [7, 11) is -4.30. The second kappa shape index (κ2) is 10.7. The van der Waals surface area contributed by atoms with Gasteiger partial charge >= 0.3 is 51.4 Å². The first-order valence-electron chi connectivity index (χ1n) is 7.95. The maximum absolute atomic E-state index is 11.4. The monoisotopic (exact) mass is 388 g/mol. The molecule has 0 aromatic heterocycles. The van der Waals surface area contributed by atoms with Gasteiger partial charge in [0.2, 0.25) is 0 Å². The van der Waals surface area contributed by atoms with E-state index in [4.69, 9.17) is 4.74 Å². The quantitative estimate of drug-likeness (QED) is 0.413. The van der Waals surface area contributed by atoms with E-state index in [0.29, 0.717) is 11.5 Å². The molecule has 0 fully saturated rings. The van der Waals surface area contributed by atoms with Crippen molar-refractivity contribution < 1.29 is 74.2 Å². The molecule has 0 saturated carbocycles. The predicted molar refractivity (Wildman–Crippen MR) is 90.1 cm³/mol. The summed E-state index contributed by atoms with van der Waals surface area (Å²) in [5.41, 5.74) is 0.865. The van der Waals surface area contributed by atoms with Crippen LogP contribution in [0, 0.1) is 0 Å². The van der Waals surface area contributed by atoms with Gasteiger partial charge < -0.3 is 9.84 Å². The Bertz CT molecular complexity index is 773. The maximum atomic E-state index is 11.4. The first kappa shape index (κ1) is 22.6. The van der Waals surface area contributed by atoms with Gasteiger partial charge in [0.15, 0.2) is 0 Å². The van der Waals surface area contributed by atoms with E-state index in [1.807, 2.05) is 0 Å². The molecule has 0 aliphatic heterocycles. The average molecular weight is 389 g/mol. The number of benzene rings is 2. The van der Waals surface area contributed by atoms with Gasteiger partial charge in [0.1, 0.15) is 11.5 Å². The van der Waals surface area contributed by atoms with Crippen LogP contribution in [0.1, 0.15) is 38.2 Å². The molecule has 25 heavy (non-hydrogen) atoms. The molecule has 2 rings (SSSR count). The summed E-state index contributed by atoms with van der Waals surface area (Å²) in [4.78, 5) is -0.213. The normalized spacial score (nSPS) is 11.0. The van der Waals surface area contributed by atoms with E-state index in [0.717, 1.165) is 37.7 Å². The minimum Gasteiger partial charge on any atom is -0.872 e. The van der Waals surface area contributed by atoms with Crippen molar-refractivity contribution in [1.82, 2.24) is 0 Å². The Morgan fingerprint density at radius 1 is 1.04 bits per heavy atom. The molecule has 0 saturated heterocycles. The molecule has 0 bridgehead atoms. The number of hydrogen-bond acceptors (Lipinski definition) is 4. The van der Waals surface area contributed by atoms with Crippen LogP contribution in [0.2, 0.25) is 0 Å². The number of hydrogen-bond donors (Lipinski definition) is 1. The molecular weight excluding hydrogens is 367 g/mol. The van der Waals surface area contributed by atoms with Gasteiger partial charge in [-0.15, -0.1) is 5.75 Å². The van der Waals surface area contributed by atoms with Crippen molar-refractivity contribution in [2.24, 2.45) is 0 Å². The SMILES string of the molecule is CCCCCCc1ccc(S(=O)(=O)O)cc1Oc1ccc([O-])cc1.[K+]. The summed E-state index contributed by atoms with van der Waals surface area (Å²) in [6.45, 7) is 2.13. The third kappa shape index (κ3) is 7.38. The van der Waals surface area contributed by atoms with Crippen LogP contribution in [-0.2, 0) is 16.5 Å². The standard InChI is InChI=1S/C18H22O5S.K/c1-2-3-4-5-6-14-7-12-17(24(20,21)22)13-18(14)23-16-10-8-15(19)9-11-16;/h7-13,19H,2-6H2,1H3,(H,20,21,22);/q;+1/p-1. The number of rotatable bonds is 8. The van der Waals surface area contributed by atoms with E-state index in [1.165, 1.54) is 36.4 Å². The molecule has 2 aromatic rings. The zero-order valence-electron chi connectivity index (χ0n) is 14.6.